The van der Waals surface area contributed by atoms with Crippen LogP contribution in [0.3, 0.4) is 0 Å². The molecule has 1 fully saturated rings. The second-order valence-corrected chi connectivity index (χ2v) is 16.6. The summed E-state index contributed by atoms with van der Waals surface area (Å²) in [5.74, 6) is -0.833. The number of ether oxygens (including phenoxy) is 4. The van der Waals surface area contributed by atoms with Crippen molar-refractivity contribution in [3.05, 3.63) is 168 Å². The first-order valence-electron chi connectivity index (χ1n) is 19.7. The lowest BCUT2D eigenvalue weighted by atomic mass is 9.96. The van der Waals surface area contributed by atoms with E-state index >= 15 is 0 Å². The van der Waals surface area contributed by atoms with E-state index < -0.39 is 5.97 Å². The number of benzene rings is 4. The van der Waals surface area contributed by atoms with E-state index in [1.165, 1.54) is 36.8 Å². The van der Waals surface area contributed by atoms with Crippen molar-refractivity contribution >= 4 is 63.8 Å². The summed E-state index contributed by atoms with van der Waals surface area (Å²) in [4.78, 5) is 37.1. The normalized spacial score (nSPS) is 12.4. The summed E-state index contributed by atoms with van der Waals surface area (Å²) in [5, 5.41) is 29.8. The van der Waals surface area contributed by atoms with Gasteiger partial charge < -0.3 is 29.2 Å². The van der Waals surface area contributed by atoms with E-state index in [1.54, 1.807) is 54.7 Å². The lowest BCUT2D eigenvalue weighted by Crippen LogP contribution is -2.11. The number of halogens is 4. The van der Waals surface area contributed by atoms with Crippen LogP contribution in [0.15, 0.2) is 97.6 Å². The molecule has 2 N–H and O–H groups in total. The molecule has 1 saturated carbocycles. The van der Waals surface area contributed by atoms with E-state index in [0.29, 0.717) is 61.1 Å². The summed E-state index contributed by atoms with van der Waals surface area (Å²) in [6.07, 6.45) is 8.42. The molecular weight excluding hydrogens is 902 g/mol. The molecule has 0 saturated heterocycles. The lowest BCUT2D eigenvalue weighted by molar-refractivity contribution is 0.0691. The zero-order valence-electron chi connectivity index (χ0n) is 33.7. The summed E-state index contributed by atoms with van der Waals surface area (Å²) < 4.78 is 24.3. The number of aromatic carboxylic acids is 1. The smallest absolute Gasteiger partial charge is 0.339 e. The van der Waals surface area contributed by atoms with Gasteiger partial charge in [0.1, 0.15) is 61.1 Å². The molecule has 0 unspecified atom stereocenters. The van der Waals surface area contributed by atoms with Crippen molar-refractivity contribution in [2.75, 3.05) is 6.61 Å². The van der Waals surface area contributed by atoms with Gasteiger partial charge in [-0.05, 0) is 54.5 Å². The van der Waals surface area contributed by atoms with Crippen molar-refractivity contribution in [3.63, 3.8) is 0 Å². The van der Waals surface area contributed by atoms with Gasteiger partial charge >= 0.3 is 5.97 Å². The van der Waals surface area contributed by atoms with Gasteiger partial charge in [0.25, 0.3) is 0 Å². The number of carboxylic acids is 1. The minimum absolute atomic E-state index is 0.00392. The first-order valence-corrected chi connectivity index (χ1v) is 21.2. The van der Waals surface area contributed by atoms with Gasteiger partial charge in [0.2, 0.25) is 5.69 Å². The van der Waals surface area contributed by atoms with E-state index in [9.17, 15) is 25.1 Å². The van der Waals surface area contributed by atoms with Gasteiger partial charge in [-0.3, -0.25) is 14.8 Å². The minimum atomic E-state index is -1.26. The van der Waals surface area contributed by atoms with Gasteiger partial charge in [-0.1, -0.05) is 82.8 Å². The predicted molar refractivity (Wildman–Crippen MR) is 241 cm³/mol. The van der Waals surface area contributed by atoms with E-state index in [4.69, 9.17) is 71.9 Å². The molecule has 1 aliphatic carbocycles. The van der Waals surface area contributed by atoms with Crippen LogP contribution in [0.2, 0.25) is 20.1 Å². The largest absolute Gasteiger partial charge is 0.488 e. The summed E-state index contributed by atoms with van der Waals surface area (Å²) in [7, 11) is 0. The van der Waals surface area contributed by atoms with Crippen molar-refractivity contribution in [2.45, 2.75) is 52.1 Å². The number of Topliss-reactive ketones (excluding diaryl/α,β-unsaturated/α-hetero) is 1. The molecule has 1 aliphatic rings. The minimum Gasteiger partial charge on any atom is -0.488 e. The van der Waals surface area contributed by atoms with Crippen LogP contribution in [0.4, 0.5) is 5.69 Å². The topological polar surface area (TPSA) is 165 Å². The number of carboxylic acid groups (broad SMARTS) is 1. The average molecular weight is 939 g/mol. The van der Waals surface area contributed by atoms with Crippen LogP contribution >= 0.6 is 46.4 Å². The molecule has 0 bridgehead atoms. The molecule has 0 radical (unpaired) electrons. The molecule has 2 heterocycles. The maximum absolute atomic E-state index is 13.6. The Morgan fingerprint density at radius 1 is 0.719 bits per heavy atom. The maximum Gasteiger partial charge on any atom is 0.339 e. The van der Waals surface area contributed by atoms with Gasteiger partial charge in [-0.25, -0.2) is 9.64 Å². The maximum atomic E-state index is 13.6. The fourth-order valence-electron chi connectivity index (χ4n) is 6.77. The SMILES string of the molecule is [C-]#[N+]c1cncc(COc2cc(OCc3cccc(-c4cccc(COc5cc(OCc6cncc(C#N)c6)c(C(=O)O)cc5Cl)c4Cl)c3Cl)c(Cl)cc2C(=O)CCC2(CO)CC2)c1. The van der Waals surface area contributed by atoms with Crippen LogP contribution in [-0.2, 0) is 26.4 Å². The third kappa shape index (κ3) is 10.9. The number of ketones is 1. The second-order valence-electron chi connectivity index (χ2n) is 15.0. The molecule has 0 atom stereocenters. The fourth-order valence-corrected chi connectivity index (χ4v) is 7.77. The Morgan fingerprint density at radius 2 is 1.25 bits per heavy atom. The van der Waals surface area contributed by atoms with Gasteiger partial charge in [0, 0.05) is 77.8 Å². The number of aromatic nitrogens is 2. The molecule has 4 aromatic carbocycles. The molecule has 12 nitrogen and oxygen atoms in total. The van der Waals surface area contributed by atoms with Gasteiger partial charge in [0.05, 0.1) is 37.8 Å². The number of carbonyl (C=O) groups excluding carboxylic acids is 1. The highest BCUT2D eigenvalue weighted by Crippen LogP contribution is 2.49. The Morgan fingerprint density at radius 3 is 1.78 bits per heavy atom. The van der Waals surface area contributed by atoms with Crippen LogP contribution in [0.25, 0.3) is 16.0 Å². The highest BCUT2D eigenvalue weighted by Gasteiger charge is 2.42. The summed E-state index contributed by atoms with van der Waals surface area (Å²) in [6.45, 7) is 7.23. The number of nitriles is 1. The third-order valence-electron chi connectivity index (χ3n) is 10.6. The molecule has 16 heteroatoms. The van der Waals surface area contributed by atoms with Crippen molar-refractivity contribution in [1.29, 1.82) is 5.26 Å². The molecule has 64 heavy (non-hydrogen) atoms. The monoisotopic (exact) mass is 936 g/mol. The number of pyridine rings is 2. The number of nitrogens with zero attached hydrogens (tertiary/aromatic N) is 4. The third-order valence-corrected chi connectivity index (χ3v) is 12.1. The van der Waals surface area contributed by atoms with Crippen LogP contribution in [0, 0.1) is 23.3 Å². The Balaban J connectivity index is 1.08. The number of aliphatic hydroxyl groups is 1. The van der Waals surface area contributed by atoms with Crippen LogP contribution < -0.4 is 18.9 Å². The van der Waals surface area contributed by atoms with Crippen LogP contribution in [-0.4, -0.2) is 38.5 Å². The zero-order valence-corrected chi connectivity index (χ0v) is 36.8. The number of rotatable bonds is 19. The number of hydrogen-bond donors (Lipinski definition) is 2. The van der Waals surface area contributed by atoms with Gasteiger partial charge in [-0.15, -0.1) is 0 Å². The van der Waals surface area contributed by atoms with E-state index in [-0.39, 0.29) is 94.8 Å². The predicted octanol–water partition coefficient (Wildman–Crippen LogP) is 11.9. The van der Waals surface area contributed by atoms with Crippen LogP contribution in [0.1, 0.15) is 74.2 Å². The van der Waals surface area contributed by atoms with E-state index in [2.05, 4.69) is 14.8 Å². The quantitative estimate of drug-likeness (QED) is 0.0586. The summed E-state index contributed by atoms with van der Waals surface area (Å²) in [5.41, 5.74) is 4.11. The summed E-state index contributed by atoms with van der Waals surface area (Å²) in [6, 6.07) is 21.7. The molecule has 0 aliphatic heterocycles. The first-order chi connectivity index (χ1) is 30.9. The first kappa shape index (κ1) is 45.6. The fraction of sp³-hybridized carbons (Fsp3) is 0.208. The highest BCUT2D eigenvalue weighted by molar-refractivity contribution is 6.37. The van der Waals surface area contributed by atoms with Crippen molar-refractivity contribution in [3.8, 4) is 40.2 Å². The summed E-state index contributed by atoms with van der Waals surface area (Å²) >= 11 is 27.2. The van der Waals surface area contributed by atoms with Gasteiger partial charge in [0.15, 0.2) is 5.78 Å². The molecule has 2 aromatic heterocycles. The lowest BCUT2D eigenvalue weighted by Gasteiger charge is -2.17. The standard InChI is InChI=1S/C48H36Cl4N4O8/c1-54-33-13-30(21-56-22-33)24-61-41-16-43(38(49)14-36(41)40(58)8-9-48(27-57)10-11-48)63-25-31-4-2-6-34(45(31)51)35-7-3-5-32(46(35)52)26-64-44-17-42(37(47(59)60)15-39(44)50)62-23-29-12-28(18-53)19-55-20-29/h2-7,12-17,19-22,57H,8-11,23-27H2,(H,59,60). The van der Waals surface area contributed by atoms with Crippen molar-refractivity contribution in [2.24, 2.45) is 5.41 Å². The number of hydrogen-bond acceptors (Lipinski definition) is 10. The average Bonchev–Trinajstić information content (AvgIpc) is 4.10. The Kier molecular flexibility index (Phi) is 14.6. The van der Waals surface area contributed by atoms with E-state index in [1.807, 2.05) is 12.1 Å². The Labute approximate surface area is 388 Å². The van der Waals surface area contributed by atoms with Gasteiger partial charge in [-0.2, -0.15) is 5.26 Å². The highest BCUT2D eigenvalue weighted by atomic mass is 35.5. The Hall–Kier alpha value is -6.38. The molecule has 0 amide bonds. The number of aliphatic hydroxyl groups excluding tert-OH is 1. The second kappa shape index (κ2) is 20.4. The zero-order chi connectivity index (χ0) is 45.4. The molecule has 6 aromatic rings. The van der Waals surface area contributed by atoms with Crippen molar-refractivity contribution in [1.82, 2.24) is 9.97 Å². The molecule has 0 spiro atoms. The van der Waals surface area contributed by atoms with Crippen molar-refractivity contribution < 1.29 is 38.7 Å². The van der Waals surface area contributed by atoms with E-state index in [0.717, 1.165) is 12.8 Å². The molecule has 324 valence electrons. The Bertz CT molecular complexity index is 2840. The van der Waals surface area contributed by atoms with Crippen LogP contribution in [0.5, 0.6) is 23.0 Å². The molecule has 7 rings (SSSR count). The molecular formula is C48H36Cl4N4O8. The number of carbonyl (C=O) groups is 2.